The number of nitrogens with zero attached hydrogens (tertiary/aromatic N) is 2. The molecule has 0 saturated carbocycles. The van der Waals surface area contributed by atoms with Crippen molar-refractivity contribution in [2.45, 2.75) is 24.8 Å². The Bertz CT molecular complexity index is 1920. The maximum Gasteiger partial charge on any atom is 0.410 e. The molecule has 1 aliphatic rings. The first kappa shape index (κ1) is 29.1. The molecule has 0 saturated heterocycles. The number of anilines is 2. The minimum absolute atomic E-state index is 0.0493. The lowest BCUT2D eigenvalue weighted by atomic mass is 10.0. The summed E-state index contributed by atoms with van der Waals surface area (Å²) in [6.07, 6.45) is 0.222. The summed E-state index contributed by atoms with van der Waals surface area (Å²) in [6.45, 7) is 2.92. The summed E-state index contributed by atoms with van der Waals surface area (Å²) in [6, 6.07) is 19.9. The second-order valence-corrected chi connectivity index (χ2v) is 13.9. The largest absolute Gasteiger partial charge is 0.450 e. The Balaban J connectivity index is 1.31. The summed E-state index contributed by atoms with van der Waals surface area (Å²) in [5, 5.41) is 4.86. The fraction of sp³-hybridized carbons (Fsp3) is 0.167. The van der Waals surface area contributed by atoms with E-state index < -0.39 is 15.9 Å². The van der Waals surface area contributed by atoms with Crippen molar-refractivity contribution >= 4 is 77.2 Å². The number of carbonyl (C=O) groups excluding carboxylic acids is 2. The summed E-state index contributed by atoms with van der Waals surface area (Å²) in [4.78, 5) is 33.5. The number of benzene rings is 3. The van der Waals surface area contributed by atoms with Gasteiger partial charge in [-0.3, -0.25) is 9.52 Å². The number of thiazole rings is 1. The molecule has 0 aliphatic carbocycles. The summed E-state index contributed by atoms with van der Waals surface area (Å²) < 4.78 is 34.6. The van der Waals surface area contributed by atoms with Crippen LogP contribution in [0, 0.1) is 0 Å². The van der Waals surface area contributed by atoms with Crippen molar-refractivity contribution in [3.63, 3.8) is 0 Å². The van der Waals surface area contributed by atoms with E-state index in [-0.39, 0.29) is 22.2 Å². The van der Waals surface area contributed by atoms with Gasteiger partial charge in [0, 0.05) is 33.3 Å². The first-order chi connectivity index (χ1) is 20.7. The molecule has 0 radical (unpaired) electrons. The fourth-order valence-corrected chi connectivity index (χ4v) is 8.34. The molecule has 6 rings (SSSR count). The molecule has 0 atom stereocenters. The molecule has 13 heteroatoms. The smallest absolute Gasteiger partial charge is 0.410 e. The second-order valence-electron chi connectivity index (χ2n) is 9.66. The Morgan fingerprint density at radius 3 is 2.60 bits per heavy atom. The van der Waals surface area contributed by atoms with Crippen LogP contribution in [-0.4, -0.2) is 43.5 Å². The average Bonchev–Trinajstić information content (AvgIpc) is 3.57. The van der Waals surface area contributed by atoms with Gasteiger partial charge in [0.15, 0.2) is 0 Å². The van der Waals surface area contributed by atoms with Crippen molar-refractivity contribution in [1.82, 2.24) is 9.88 Å². The van der Waals surface area contributed by atoms with Crippen molar-refractivity contribution in [2.75, 3.05) is 23.2 Å². The number of thiophene rings is 1. The number of ether oxygens (including phenoxy) is 1. The van der Waals surface area contributed by atoms with Gasteiger partial charge in [0.2, 0.25) is 0 Å². The van der Waals surface area contributed by atoms with Gasteiger partial charge < -0.3 is 15.0 Å². The van der Waals surface area contributed by atoms with E-state index >= 15 is 0 Å². The highest BCUT2D eigenvalue weighted by molar-refractivity contribution is 7.92. The van der Waals surface area contributed by atoms with Gasteiger partial charge in [0.1, 0.15) is 10.0 Å². The predicted molar refractivity (Wildman–Crippen MR) is 171 cm³/mol. The monoisotopic (exact) mass is 652 g/mol. The number of hydrogen-bond acceptors (Lipinski definition) is 8. The number of rotatable bonds is 7. The van der Waals surface area contributed by atoms with E-state index in [1.165, 1.54) is 41.7 Å². The Morgan fingerprint density at radius 2 is 1.84 bits per heavy atom. The number of sulfonamides is 1. The van der Waals surface area contributed by atoms with Crippen LogP contribution >= 0.6 is 34.3 Å². The molecule has 0 bridgehead atoms. The number of fused-ring (bicyclic) bond motifs is 2. The molecular weight excluding hydrogens is 628 g/mol. The van der Waals surface area contributed by atoms with Crippen LogP contribution < -0.4 is 10.0 Å². The Hall–Kier alpha value is -3.97. The lowest BCUT2D eigenvalue weighted by molar-refractivity contribution is 0.102. The van der Waals surface area contributed by atoms with E-state index in [2.05, 4.69) is 10.0 Å². The van der Waals surface area contributed by atoms with Crippen LogP contribution in [-0.2, 0) is 27.7 Å². The van der Waals surface area contributed by atoms with Crippen LogP contribution in [0.4, 0.5) is 15.5 Å². The Morgan fingerprint density at radius 1 is 1.05 bits per heavy atom. The molecule has 1 aliphatic heterocycles. The SMILES string of the molecule is CCOC(=O)N1CCc2c(sc(NC(=O)c3cccc(NS(=O)(=O)c4ccc(Cl)cc4)c3)c2-c2nc3ccccc3s2)C1. The molecule has 43 heavy (non-hydrogen) atoms. The number of nitrogens with one attached hydrogen (secondary N) is 2. The van der Waals surface area contributed by atoms with Crippen LogP contribution in [0.15, 0.2) is 77.7 Å². The van der Waals surface area contributed by atoms with Crippen LogP contribution in [0.2, 0.25) is 5.02 Å². The zero-order valence-corrected chi connectivity index (χ0v) is 26.0. The first-order valence-corrected chi connectivity index (χ1v) is 16.8. The summed E-state index contributed by atoms with van der Waals surface area (Å²) in [7, 11) is -3.89. The molecule has 3 aromatic carbocycles. The molecule has 2 N–H and O–H groups in total. The fourth-order valence-electron chi connectivity index (χ4n) is 4.79. The van der Waals surface area contributed by atoms with Crippen molar-refractivity contribution in [3.05, 3.63) is 93.8 Å². The molecule has 0 spiro atoms. The number of halogens is 1. The lowest BCUT2D eigenvalue weighted by Gasteiger charge is -2.26. The van der Waals surface area contributed by atoms with E-state index in [0.29, 0.717) is 36.1 Å². The molecule has 0 unspecified atom stereocenters. The van der Waals surface area contributed by atoms with Crippen LogP contribution in [0.5, 0.6) is 0 Å². The number of hydrogen-bond donors (Lipinski definition) is 2. The van der Waals surface area contributed by atoms with Gasteiger partial charge in [-0.05, 0) is 73.5 Å². The Labute approximate surface area is 261 Å². The lowest BCUT2D eigenvalue weighted by Crippen LogP contribution is -2.35. The van der Waals surface area contributed by atoms with Crippen molar-refractivity contribution in [2.24, 2.45) is 0 Å². The van der Waals surface area contributed by atoms with E-state index in [4.69, 9.17) is 21.3 Å². The highest BCUT2D eigenvalue weighted by atomic mass is 35.5. The highest BCUT2D eigenvalue weighted by Crippen LogP contribution is 2.46. The van der Waals surface area contributed by atoms with Crippen LogP contribution in [0.3, 0.4) is 0 Å². The Kier molecular flexibility index (Phi) is 8.10. The number of para-hydroxylation sites is 1. The standard InChI is InChI=1S/C30H25ClN4O5S3/c1-2-40-30(37)35-15-14-22-25(17-35)42-29(26(22)28-32-23-8-3-4-9-24(23)41-28)33-27(36)18-6-5-7-20(16-18)34-43(38,39)21-12-10-19(31)11-13-21/h3-13,16,34H,2,14-15,17H2,1H3,(H,33,36). The number of carbonyl (C=O) groups is 2. The molecule has 5 aromatic rings. The van der Waals surface area contributed by atoms with Gasteiger partial charge in [-0.15, -0.1) is 22.7 Å². The van der Waals surface area contributed by atoms with E-state index in [9.17, 15) is 18.0 Å². The molecule has 2 aromatic heterocycles. The third-order valence-electron chi connectivity index (χ3n) is 6.82. The van der Waals surface area contributed by atoms with Gasteiger partial charge in [-0.2, -0.15) is 0 Å². The quantitative estimate of drug-likeness (QED) is 0.191. The molecule has 0 fully saturated rings. The van der Waals surface area contributed by atoms with Gasteiger partial charge in [0.25, 0.3) is 15.9 Å². The molecule has 2 amide bonds. The first-order valence-electron chi connectivity index (χ1n) is 13.3. The summed E-state index contributed by atoms with van der Waals surface area (Å²) in [5.74, 6) is -0.407. The second kappa shape index (κ2) is 12.0. The van der Waals surface area contributed by atoms with Crippen molar-refractivity contribution in [3.8, 4) is 10.6 Å². The molecule has 9 nitrogen and oxygen atoms in total. The van der Waals surface area contributed by atoms with Crippen molar-refractivity contribution < 1.29 is 22.7 Å². The maximum atomic E-state index is 13.6. The minimum atomic E-state index is -3.89. The van der Waals surface area contributed by atoms with Gasteiger partial charge in [-0.1, -0.05) is 29.8 Å². The van der Waals surface area contributed by atoms with Gasteiger partial charge in [0.05, 0.1) is 28.3 Å². The summed E-state index contributed by atoms with van der Waals surface area (Å²) in [5.41, 5.74) is 3.27. The van der Waals surface area contributed by atoms with Crippen molar-refractivity contribution in [1.29, 1.82) is 0 Å². The summed E-state index contributed by atoms with van der Waals surface area (Å²) >= 11 is 8.84. The van der Waals surface area contributed by atoms with E-state index in [1.54, 1.807) is 41.4 Å². The molecular formula is C30H25ClN4O5S3. The number of aromatic nitrogens is 1. The average molecular weight is 653 g/mol. The topological polar surface area (TPSA) is 118 Å². The molecule has 3 heterocycles. The van der Waals surface area contributed by atoms with Crippen LogP contribution in [0.25, 0.3) is 20.8 Å². The molecule has 220 valence electrons. The third kappa shape index (κ3) is 6.09. The zero-order chi connectivity index (χ0) is 30.1. The predicted octanol–water partition coefficient (Wildman–Crippen LogP) is 7.25. The zero-order valence-electron chi connectivity index (χ0n) is 22.8. The van der Waals surface area contributed by atoms with E-state index in [1.807, 2.05) is 24.3 Å². The number of amides is 2. The third-order valence-corrected chi connectivity index (χ3v) is 10.7. The van der Waals surface area contributed by atoms with Gasteiger partial charge >= 0.3 is 6.09 Å². The van der Waals surface area contributed by atoms with Gasteiger partial charge in [-0.25, -0.2) is 18.2 Å². The minimum Gasteiger partial charge on any atom is -0.450 e. The van der Waals surface area contributed by atoms with E-state index in [0.717, 1.165) is 31.2 Å². The van der Waals surface area contributed by atoms with Crippen LogP contribution in [0.1, 0.15) is 27.7 Å². The normalized spacial score (nSPS) is 13.0. The highest BCUT2D eigenvalue weighted by Gasteiger charge is 2.30. The maximum absolute atomic E-state index is 13.6.